The minimum atomic E-state index is -6.00. The van der Waals surface area contributed by atoms with Crippen molar-refractivity contribution in [2.75, 3.05) is 31.2 Å². The third kappa shape index (κ3) is 7.10. The highest BCUT2D eigenvalue weighted by Crippen LogP contribution is 2.23. The second-order valence-corrected chi connectivity index (χ2v) is 8.23. The zero-order valence-electron chi connectivity index (χ0n) is 18.6. The Labute approximate surface area is 204 Å². The molecule has 1 aliphatic rings. The van der Waals surface area contributed by atoms with Crippen LogP contribution in [0.25, 0.3) is 22.3 Å². The number of ether oxygens (including phenoxy) is 1. The normalized spacial score (nSPS) is 14.5. The smallest absolute Gasteiger partial charge is 0.456 e. The lowest BCUT2D eigenvalue weighted by molar-refractivity contribution is -0.400. The van der Waals surface area contributed by atoms with E-state index in [0.717, 1.165) is 59.6 Å². The molecular weight excluding hydrogens is 483 g/mol. The zero-order chi connectivity index (χ0) is 24.8. The van der Waals surface area contributed by atoms with Gasteiger partial charge < -0.3 is 31.3 Å². The van der Waals surface area contributed by atoms with Gasteiger partial charge in [-0.25, -0.2) is 4.99 Å². The molecule has 1 aromatic heterocycles. The number of nitrogens with zero attached hydrogens (tertiary/aromatic N) is 1. The SMILES string of the molecule is Clc1ccc2oc(-c3ccccc3)cc(=[NH+]c3ccc(N4CCOCC4)cc3)c2c1.F[B-](F)(F)F. The molecule has 1 N–H and O–H groups in total. The molecule has 10 heteroatoms. The van der Waals surface area contributed by atoms with Crippen molar-refractivity contribution in [3.05, 3.63) is 89.2 Å². The summed E-state index contributed by atoms with van der Waals surface area (Å²) < 4.78 is 50.6. The number of anilines is 1. The van der Waals surface area contributed by atoms with Gasteiger partial charge in [-0.1, -0.05) is 41.9 Å². The van der Waals surface area contributed by atoms with Gasteiger partial charge in [0.1, 0.15) is 11.3 Å². The zero-order valence-corrected chi connectivity index (χ0v) is 19.3. The topological polar surface area (TPSA) is 39.6 Å². The molecule has 5 rings (SSSR count). The molecule has 0 amide bonds. The van der Waals surface area contributed by atoms with Crippen molar-refractivity contribution < 1.29 is 31.4 Å². The Morgan fingerprint density at radius 2 is 1.49 bits per heavy atom. The molecule has 0 radical (unpaired) electrons. The summed E-state index contributed by atoms with van der Waals surface area (Å²) in [5.41, 5.74) is 4.04. The summed E-state index contributed by atoms with van der Waals surface area (Å²) in [7, 11) is -6.00. The molecule has 3 aromatic carbocycles. The van der Waals surface area contributed by atoms with Crippen molar-refractivity contribution in [1.82, 2.24) is 0 Å². The second kappa shape index (κ2) is 11.0. The minimum absolute atomic E-state index is 0.677. The van der Waals surface area contributed by atoms with Crippen LogP contribution in [0.4, 0.5) is 28.6 Å². The molecular formula is C25H22BClF4N2O2. The van der Waals surface area contributed by atoms with Crippen LogP contribution in [0.5, 0.6) is 0 Å². The van der Waals surface area contributed by atoms with Gasteiger partial charge >= 0.3 is 7.25 Å². The number of nitrogens with one attached hydrogen (secondary N) is 1. The van der Waals surface area contributed by atoms with Crippen molar-refractivity contribution in [1.29, 1.82) is 0 Å². The Kier molecular flexibility index (Phi) is 7.78. The molecule has 0 bridgehead atoms. The van der Waals surface area contributed by atoms with Crippen LogP contribution in [0.2, 0.25) is 5.02 Å². The van der Waals surface area contributed by atoms with Gasteiger partial charge in [0, 0.05) is 41.5 Å². The Bertz CT molecular complexity index is 1330. The third-order valence-corrected chi connectivity index (χ3v) is 5.54. The molecule has 35 heavy (non-hydrogen) atoms. The molecule has 1 aliphatic heterocycles. The van der Waals surface area contributed by atoms with Crippen LogP contribution < -0.4 is 15.2 Å². The minimum Gasteiger partial charge on any atom is -0.456 e. The molecule has 0 spiro atoms. The fourth-order valence-corrected chi connectivity index (χ4v) is 3.91. The summed E-state index contributed by atoms with van der Waals surface area (Å²) in [4.78, 5) is 5.90. The molecule has 4 nitrogen and oxygen atoms in total. The predicted molar refractivity (Wildman–Crippen MR) is 130 cm³/mol. The van der Waals surface area contributed by atoms with Crippen molar-refractivity contribution in [2.45, 2.75) is 0 Å². The van der Waals surface area contributed by atoms with Crippen LogP contribution in [0.15, 0.2) is 83.3 Å². The van der Waals surface area contributed by atoms with Gasteiger partial charge in [0.05, 0.1) is 24.7 Å². The summed E-state index contributed by atoms with van der Waals surface area (Å²) >= 11 is 6.27. The van der Waals surface area contributed by atoms with Gasteiger partial charge in [0.2, 0.25) is 11.0 Å². The lowest BCUT2D eigenvalue weighted by Crippen LogP contribution is -2.70. The van der Waals surface area contributed by atoms with E-state index in [0.29, 0.717) is 5.02 Å². The van der Waals surface area contributed by atoms with E-state index in [4.69, 9.17) is 20.8 Å². The van der Waals surface area contributed by atoms with Crippen molar-refractivity contribution >= 4 is 41.2 Å². The maximum absolute atomic E-state index is 9.75. The molecule has 1 saturated heterocycles. The lowest BCUT2D eigenvalue weighted by atomic mass is 10.1. The van der Waals surface area contributed by atoms with E-state index < -0.39 is 7.25 Å². The summed E-state index contributed by atoms with van der Waals surface area (Å²) in [5, 5.41) is 2.58. The van der Waals surface area contributed by atoms with Gasteiger partial charge in [-0.05, 0) is 30.3 Å². The first kappa shape index (κ1) is 24.8. The van der Waals surface area contributed by atoms with Gasteiger partial charge in [-0.2, -0.15) is 0 Å². The van der Waals surface area contributed by atoms with E-state index in [1.165, 1.54) is 5.69 Å². The Balaban J connectivity index is 0.000000527. The number of rotatable bonds is 3. The van der Waals surface area contributed by atoms with Crippen LogP contribution >= 0.6 is 11.6 Å². The highest BCUT2D eigenvalue weighted by Gasteiger charge is 2.20. The highest BCUT2D eigenvalue weighted by atomic mass is 35.5. The summed E-state index contributed by atoms with van der Waals surface area (Å²) in [5.74, 6) is 0.804. The number of benzene rings is 3. The number of morpholine rings is 1. The maximum atomic E-state index is 9.75. The highest BCUT2D eigenvalue weighted by molar-refractivity contribution is 6.50. The number of fused-ring (bicyclic) bond motifs is 1. The molecule has 1 fully saturated rings. The standard InChI is InChI=1S/C25H21ClN2O2.BF4/c26-19-6-11-24-22(16-19)23(17-25(30-24)18-4-2-1-3-5-18)27-20-7-9-21(10-8-20)28-12-14-29-15-13-28;2-1(3,4)5/h1-11,16-17H,12-15H2;/q;-1/p+1. The average Bonchev–Trinajstić information content (AvgIpc) is 2.85. The monoisotopic (exact) mass is 504 g/mol. The number of halogens is 5. The van der Waals surface area contributed by atoms with E-state index >= 15 is 0 Å². The van der Waals surface area contributed by atoms with Crippen LogP contribution in [0, 0.1) is 0 Å². The van der Waals surface area contributed by atoms with Crippen LogP contribution in [0.3, 0.4) is 0 Å². The summed E-state index contributed by atoms with van der Waals surface area (Å²) in [6.07, 6.45) is 0. The Hall–Kier alpha value is -3.30. The largest absolute Gasteiger partial charge is 0.673 e. The lowest BCUT2D eigenvalue weighted by Gasteiger charge is -2.28. The number of hydrogen-bond donors (Lipinski definition) is 1. The van der Waals surface area contributed by atoms with Gasteiger partial charge in [0.15, 0.2) is 0 Å². The summed E-state index contributed by atoms with van der Waals surface area (Å²) in [6, 6.07) is 26.3. The molecule has 2 heterocycles. The maximum Gasteiger partial charge on any atom is 0.673 e. The fourth-order valence-electron chi connectivity index (χ4n) is 3.74. The van der Waals surface area contributed by atoms with Gasteiger partial charge in [-0.3, -0.25) is 0 Å². The third-order valence-electron chi connectivity index (χ3n) is 5.31. The van der Waals surface area contributed by atoms with Gasteiger partial charge in [-0.15, -0.1) is 0 Å². The Morgan fingerprint density at radius 1 is 0.829 bits per heavy atom. The first-order valence-corrected chi connectivity index (χ1v) is 11.3. The van der Waals surface area contributed by atoms with Crippen molar-refractivity contribution in [3.63, 3.8) is 0 Å². The molecule has 0 unspecified atom stereocenters. The predicted octanol–water partition coefficient (Wildman–Crippen LogP) is 5.20. The van der Waals surface area contributed by atoms with E-state index in [-0.39, 0.29) is 0 Å². The average molecular weight is 505 g/mol. The molecule has 0 aliphatic carbocycles. The quantitative estimate of drug-likeness (QED) is 0.308. The van der Waals surface area contributed by atoms with E-state index in [9.17, 15) is 17.3 Å². The Morgan fingerprint density at radius 3 is 2.14 bits per heavy atom. The van der Waals surface area contributed by atoms with Crippen LogP contribution in [0.1, 0.15) is 0 Å². The van der Waals surface area contributed by atoms with Gasteiger partial charge in [0.25, 0.3) is 0 Å². The molecule has 0 saturated carbocycles. The molecule has 4 aromatic rings. The van der Waals surface area contributed by atoms with Crippen molar-refractivity contribution in [2.24, 2.45) is 0 Å². The molecule has 0 atom stereocenters. The van der Waals surface area contributed by atoms with Crippen molar-refractivity contribution in [3.8, 4) is 11.3 Å². The van der Waals surface area contributed by atoms with Crippen LogP contribution in [-0.4, -0.2) is 33.6 Å². The molecule has 182 valence electrons. The van der Waals surface area contributed by atoms with E-state index in [1.807, 2.05) is 54.6 Å². The second-order valence-electron chi connectivity index (χ2n) is 7.80. The summed E-state index contributed by atoms with van der Waals surface area (Å²) in [6.45, 7) is 3.41. The fraction of sp³-hybridized carbons (Fsp3) is 0.160. The first-order chi connectivity index (χ1) is 16.8. The van der Waals surface area contributed by atoms with Crippen LogP contribution in [-0.2, 0) is 4.74 Å². The van der Waals surface area contributed by atoms with E-state index in [2.05, 4.69) is 34.2 Å². The number of hydrogen-bond acceptors (Lipinski definition) is 3. The first-order valence-electron chi connectivity index (χ1n) is 11.0. The van der Waals surface area contributed by atoms with E-state index in [1.54, 1.807) is 0 Å².